The van der Waals surface area contributed by atoms with E-state index in [-0.39, 0.29) is 5.82 Å². The van der Waals surface area contributed by atoms with E-state index < -0.39 is 0 Å². The van der Waals surface area contributed by atoms with Crippen LogP contribution in [0.15, 0.2) is 36.7 Å². The van der Waals surface area contributed by atoms with E-state index in [0.717, 1.165) is 11.1 Å². The first-order valence-corrected chi connectivity index (χ1v) is 5.18. The maximum Gasteiger partial charge on any atom is 0.149 e. The molecule has 0 saturated carbocycles. The fourth-order valence-electron chi connectivity index (χ4n) is 1.59. The van der Waals surface area contributed by atoms with Crippen molar-refractivity contribution in [1.82, 2.24) is 4.98 Å². The van der Waals surface area contributed by atoms with Crippen molar-refractivity contribution in [2.75, 3.05) is 0 Å². The molecule has 82 valence electrons. The largest absolute Gasteiger partial charge is 0.326 e. The lowest BCUT2D eigenvalue weighted by atomic mass is 10.0. The van der Waals surface area contributed by atoms with Crippen molar-refractivity contribution < 1.29 is 4.39 Å². The molecule has 1 aromatic carbocycles. The molecule has 2 rings (SSSR count). The van der Waals surface area contributed by atoms with E-state index in [2.05, 4.69) is 4.98 Å². The zero-order valence-electron chi connectivity index (χ0n) is 8.45. The van der Waals surface area contributed by atoms with Crippen LogP contribution in [0, 0.1) is 5.82 Å². The van der Waals surface area contributed by atoms with Crippen LogP contribution < -0.4 is 5.73 Å². The molecule has 0 spiro atoms. The first kappa shape index (κ1) is 11.0. The Balaban J connectivity index is 2.60. The average Bonchev–Trinajstić information content (AvgIpc) is 2.30. The SMILES string of the molecule is NCc1cc(Cl)ccc1-c1ccncc1F. The van der Waals surface area contributed by atoms with Crippen LogP contribution in [0.25, 0.3) is 11.1 Å². The Morgan fingerprint density at radius 1 is 1.25 bits per heavy atom. The molecule has 0 saturated heterocycles. The molecule has 1 heterocycles. The van der Waals surface area contributed by atoms with Crippen LogP contribution in [-0.4, -0.2) is 4.98 Å². The second-order valence-corrected chi connectivity index (χ2v) is 3.80. The van der Waals surface area contributed by atoms with E-state index in [1.54, 1.807) is 30.5 Å². The molecule has 2 nitrogen and oxygen atoms in total. The fraction of sp³-hybridized carbons (Fsp3) is 0.0833. The molecule has 0 unspecified atom stereocenters. The van der Waals surface area contributed by atoms with Crippen LogP contribution in [0.4, 0.5) is 4.39 Å². The van der Waals surface area contributed by atoms with E-state index >= 15 is 0 Å². The summed E-state index contributed by atoms with van der Waals surface area (Å²) >= 11 is 5.86. The van der Waals surface area contributed by atoms with Crippen molar-refractivity contribution >= 4 is 11.6 Å². The minimum atomic E-state index is -0.362. The smallest absolute Gasteiger partial charge is 0.149 e. The van der Waals surface area contributed by atoms with E-state index in [0.29, 0.717) is 17.1 Å². The van der Waals surface area contributed by atoms with Gasteiger partial charge < -0.3 is 5.73 Å². The van der Waals surface area contributed by atoms with Crippen molar-refractivity contribution in [2.24, 2.45) is 5.73 Å². The van der Waals surface area contributed by atoms with Gasteiger partial charge >= 0.3 is 0 Å². The number of benzene rings is 1. The molecule has 0 bridgehead atoms. The monoisotopic (exact) mass is 236 g/mol. The second kappa shape index (κ2) is 4.60. The lowest BCUT2D eigenvalue weighted by molar-refractivity contribution is 0.625. The molecule has 0 aliphatic heterocycles. The van der Waals surface area contributed by atoms with Gasteiger partial charge in [-0.25, -0.2) is 4.39 Å². The minimum Gasteiger partial charge on any atom is -0.326 e. The van der Waals surface area contributed by atoms with Gasteiger partial charge in [-0.15, -0.1) is 0 Å². The molecule has 0 atom stereocenters. The van der Waals surface area contributed by atoms with Gasteiger partial charge in [0.1, 0.15) is 5.82 Å². The highest BCUT2D eigenvalue weighted by atomic mass is 35.5. The van der Waals surface area contributed by atoms with Gasteiger partial charge in [-0.2, -0.15) is 0 Å². The van der Waals surface area contributed by atoms with Gasteiger partial charge in [0, 0.05) is 23.3 Å². The number of nitrogens with two attached hydrogens (primary N) is 1. The molecule has 0 aliphatic rings. The maximum atomic E-state index is 13.6. The third-order valence-corrected chi connectivity index (χ3v) is 2.58. The van der Waals surface area contributed by atoms with Gasteiger partial charge in [0.05, 0.1) is 6.20 Å². The van der Waals surface area contributed by atoms with E-state index in [1.165, 1.54) is 6.20 Å². The predicted molar refractivity (Wildman–Crippen MR) is 62.5 cm³/mol. The molecule has 0 aliphatic carbocycles. The summed E-state index contributed by atoms with van der Waals surface area (Å²) in [5.41, 5.74) is 7.68. The number of hydrogen-bond acceptors (Lipinski definition) is 2. The van der Waals surface area contributed by atoms with Crippen LogP contribution in [0.1, 0.15) is 5.56 Å². The zero-order valence-corrected chi connectivity index (χ0v) is 9.21. The lowest BCUT2D eigenvalue weighted by Crippen LogP contribution is -2.00. The Morgan fingerprint density at radius 2 is 2.06 bits per heavy atom. The summed E-state index contributed by atoms with van der Waals surface area (Å²) in [5, 5.41) is 0.596. The summed E-state index contributed by atoms with van der Waals surface area (Å²) in [6.07, 6.45) is 2.73. The normalized spacial score (nSPS) is 10.4. The lowest BCUT2D eigenvalue weighted by Gasteiger charge is -2.09. The topological polar surface area (TPSA) is 38.9 Å². The highest BCUT2D eigenvalue weighted by Gasteiger charge is 2.09. The van der Waals surface area contributed by atoms with Crippen LogP contribution in [-0.2, 0) is 6.54 Å². The summed E-state index contributed by atoms with van der Waals surface area (Å²) < 4.78 is 13.6. The molecule has 2 N–H and O–H groups in total. The van der Waals surface area contributed by atoms with Crippen LogP contribution >= 0.6 is 11.6 Å². The third kappa shape index (κ3) is 2.05. The Hall–Kier alpha value is -1.45. The molecule has 0 fully saturated rings. The van der Waals surface area contributed by atoms with Crippen molar-refractivity contribution in [3.8, 4) is 11.1 Å². The van der Waals surface area contributed by atoms with Crippen LogP contribution in [0.3, 0.4) is 0 Å². The molecule has 4 heteroatoms. The Bertz CT molecular complexity index is 514. The highest BCUT2D eigenvalue weighted by molar-refractivity contribution is 6.30. The van der Waals surface area contributed by atoms with Crippen molar-refractivity contribution in [3.63, 3.8) is 0 Å². The average molecular weight is 237 g/mol. The summed E-state index contributed by atoms with van der Waals surface area (Å²) in [6, 6.07) is 6.85. The molecule has 16 heavy (non-hydrogen) atoms. The van der Waals surface area contributed by atoms with Gasteiger partial charge in [-0.1, -0.05) is 17.7 Å². The first-order valence-electron chi connectivity index (χ1n) is 4.80. The number of pyridine rings is 1. The number of hydrogen-bond donors (Lipinski definition) is 1. The molecular formula is C12H10ClFN2. The van der Waals surface area contributed by atoms with Gasteiger partial charge in [-0.05, 0) is 29.3 Å². The number of halogens is 2. The minimum absolute atomic E-state index is 0.317. The summed E-state index contributed by atoms with van der Waals surface area (Å²) in [4.78, 5) is 3.71. The van der Waals surface area contributed by atoms with Crippen LogP contribution in [0.5, 0.6) is 0 Å². The standard InChI is InChI=1S/C12H10ClFN2/c13-9-1-2-10(8(5-9)6-15)11-3-4-16-7-12(11)14/h1-5,7H,6,15H2. The van der Waals surface area contributed by atoms with Gasteiger partial charge in [0.2, 0.25) is 0 Å². The Labute approximate surface area is 97.9 Å². The maximum absolute atomic E-state index is 13.6. The fourth-order valence-corrected chi connectivity index (χ4v) is 1.78. The van der Waals surface area contributed by atoms with Gasteiger partial charge in [-0.3, -0.25) is 4.98 Å². The molecule has 0 amide bonds. The van der Waals surface area contributed by atoms with Crippen LogP contribution in [0.2, 0.25) is 5.02 Å². The number of aromatic nitrogens is 1. The first-order chi connectivity index (χ1) is 7.72. The van der Waals surface area contributed by atoms with Crippen molar-refractivity contribution in [1.29, 1.82) is 0 Å². The summed E-state index contributed by atoms with van der Waals surface area (Å²) in [6.45, 7) is 0.317. The Kier molecular flexibility index (Phi) is 3.17. The number of rotatable bonds is 2. The van der Waals surface area contributed by atoms with E-state index in [9.17, 15) is 4.39 Å². The zero-order chi connectivity index (χ0) is 11.5. The third-order valence-electron chi connectivity index (χ3n) is 2.35. The highest BCUT2D eigenvalue weighted by Crippen LogP contribution is 2.27. The summed E-state index contributed by atoms with van der Waals surface area (Å²) in [5.74, 6) is -0.362. The quantitative estimate of drug-likeness (QED) is 0.871. The van der Waals surface area contributed by atoms with Gasteiger partial charge in [0.15, 0.2) is 0 Å². The molecule has 2 aromatic rings. The molecular weight excluding hydrogens is 227 g/mol. The van der Waals surface area contributed by atoms with Crippen molar-refractivity contribution in [3.05, 3.63) is 53.1 Å². The second-order valence-electron chi connectivity index (χ2n) is 3.36. The predicted octanol–water partition coefficient (Wildman–Crippen LogP) is 3.00. The van der Waals surface area contributed by atoms with E-state index in [4.69, 9.17) is 17.3 Å². The summed E-state index contributed by atoms with van der Waals surface area (Å²) in [7, 11) is 0. The van der Waals surface area contributed by atoms with Gasteiger partial charge in [0.25, 0.3) is 0 Å². The number of nitrogens with zero attached hydrogens (tertiary/aromatic N) is 1. The molecule has 1 aromatic heterocycles. The van der Waals surface area contributed by atoms with Crippen molar-refractivity contribution in [2.45, 2.75) is 6.54 Å². The molecule has 0 radical (unpaired) electrons. The van der Waals surface area contributed by atoms with E-state index in [1.807, 2.05) is 0 Å². The Morgan fingerprint density at radius 3 is 2.75 bits per heavy atom.